The Labute approximate surface area is 101 Å². The van der Waals surface area contributed by atoms with Crippen LogP contribution >= 0.6 is 22.9 Å². The van der Waals surface area contributed by atoms with Crippen LogP contribution in [0.3, 0.4) is 0 Å². The van der Waals surface area contributed by atoms with Crippen LogP contribution in [-0.2, 0) is 6.42 Å². The van der Waals surface area contributed by atoms with Gasteiger partial charge in [0.2, 0.25) is 0 Å². The zero-order valence-electron chi connectivity index (χ0n) is 9.13. The van der Waals surface area contributed by atoms with Crippen LogP contribution in [0.5, 0.6) is 0 Å². The third-order valence-corrected chi connectivity index (χ3v) is 4.51. The zero-order chi connectivity index (χ0) is 10.9. The van der Waals surface area contributed by atoms with Crippen molar-refractivity contribution >= 4 is 22.9 Å². The zero-order valence-corrected chi connectivity index (χ0v) is 10.7. The van der Waals surface area contributed by atoms with Crippen LogP contribution in [0.2, 0.25) is 4.34 Å². The Hall–Kier alpha value is -0.0500. The van der Waals surface area contributed by atoms with Crippen LogP contribution in [0.1, 0.15) is 37.5 Å². The van der Waals surface area contributed by atoms with Gasteiger partial charge < -0.3 is 5.73 Å². The van der Waals surface area contributed by atoms with Gasteiger partial charge in [0.15, 0.2) is 0 Å². The fraction of sp³-hybridized carbons (Fsp3) is 0.667. The van der Waals surface area contributed by atoms with Gasteiger partial charge in [0, 0.05) is 10.4 Å². The molecule has 15 heavy (non-hydrogen) atoms. The molecule has 0 aliphatic heterocycles. The van der Waals surface area contributed by atoms with E-state index in [0.717, 1.165) is 29.5 Å². The lowest BCUT2D eigenvalue weighted by Crippen LogP contribution is -2.45. The van der Waals surface area contributed by atoms with Crippen molar-refractivity contribution < 1.29 is 0 Å². The highest BCUT2D eigenvalue weighted by atomic mass is 35.5. The highest BCUT2D eigenvalue weighted by Gasteiger charge is 2.31. The smallest absolute Gasteiger partial charge is 0.0931 e. The second-order valence-electron chi connectivity index (χ2n) is 4.95. The maximum Gasteiger partial charge on any atom is 0.0931 e. The molecule has 2 N–H and O–H groups in total. The van der Waals surface area contributed by atoms with Gasteiger partial charge in [-0.2, -0.15) is 0 Å². The minimum Gasteiger partial charge on any atom is -0.325 e. The Morgan fingerprint density at radius 2 is 2.40 bits per heavy atom. The summed E-state index contributed by atoms with van der Waals surface area (Å²) in [6.07, 6.45) is 5.92. The Morgan fingerprint density at radius 1 is 1.60 bits per heavy atom. The summed E-state index contributed by atoms with van der Waals surface area (Å²) in [5.41, 5.74) is 6.47. The molecule has 0 spiro atoms. The number of halogens is 1. The van der Waals surface area contributed by atoms with E-state index in [1.165, 1.54) is 17.7 Å². The van der Waals surface area contributed by atoms with Gasteiger partial charge in [-0.15, -0.1) is 11.3 Å². The fourth-order valence-corrected chi connectivity index (χ4v) is 3.90. The summed E-state index contributed by atoms with van der Waals surface area (Å²) in [6.45, 7) is 2.31. The molecular weight excluding hydrogens is 226 g/mol. The molecule has 0 saturated heterocycles. The summed E-state index contributed by atoms with van der Waals surface area (Å²) in [5.74, 6) is 0.777. The van der Waals surface area contributed by atoms with Crippen molar-refractivity contribution in [3.05, 3.63) is 21.3 Å². The third-order valence-electron chi connectivity index (χ3n) is 3.28. The van der Waals surface area contributed by atoms with Gasteiger partial charge in [0.05, 0.1) is 4.34 Å². The van der Waals surface area contributed by atoms with Crippen LogP contribution in [0.4, 0.5) is 0 Å². The molecule has 1 aromatic heterocycles. The molecule has 2 unspecified atom stereocenters. The first-order valence-electron chi connectivity index (χ1n) is 5.60. The van der Waals surface area contributed by atoms with Crippen LogP contribution < -0.4 is 5.73 Å². The molecular formula is C12H18ClNS. The molecule has 0 bridgehead atoms. The van der Waals surface area contributed by atoms with E-state index in [1.54, 1.807) is 11.3 Å². The molecule has 2 atom stereocenters. The standard InChI is InChI=1S/C12H18ClNS/c1-9-3-2-6-12(14,7-9)8-10-4-5-11(13)15-10/h4-5,9H,2-3,6-8,14H2,1H3. The van der Waals surface area contributed by atoms with Crippen molar-refractivity contribution in [2.75, 3.05) is 0 Å². The summed E-state index contributed by atoms with van der Waals surface area (Å²) >= 11 is 7.60. The lowest BCUT2D eigenvalue weighted by atomic mass is 9.75. The highest BCUT2D eigenvalue weighted by Crippen LogP contribution is 2.34. The van der Waals surface area contributed by atoms with Gasteiger partial charge in [-0.25, -0.2) is 0 Å². The molecule has 84 valence electrons. The van der Waals surface area contributed by atoms with Crippen molar-refractivity contribution in [1.29, 1.82) is 0 Å². The van der Waals surface area contributed by atoms with Crippen LogP contribution in [0.15, 0.2) is 12.1 Å². The van der Waals surface area contributed by atoms with E-state index in [1.807, 2.05) is 6.07 Å². The minimum atomic E-state index is 0.0197. The second-order valence-corrected chi connectivity index (χ2v) is 6.75. The highest BCUT2D eigenvalue weighted by molar-refractivity contribution is 7.16. The van der Waals surface area contributed by atoms with Gasteiger partial charge in [-0.05, 0) is 37.3 Å². The van der Waals surface area contributed by atoms with Crippen molar-refractivity contribution in [3.8, 4) is 0 Å². The average molecular weight is 244 g/mol. The summed E-state index contributed by atoms with van der Waals surface area (Å²) in [5, 5.41) is 0. The number of thiophene rings is 1. The second kappa shape index (κ2) is 4.44. The third kappa shape index (κ3) is 2.96. The normalized spacial score (nSPS) is 31.8. The van der Waals surface area contributed by atoms with E-state index < -0.39 is 0 Å². The monoisotopic (exact) mass is 243 g/mol. The molecule has 1 saturated carbocycles. The van der Waals surface area contributed by atoms with E-state index >= 15 is 0 Å². The largest absolute Gasteiger partial charge is 0.325 e. The summed E-state index contributed by atoms with van der Waals surface area (Å²) in [4.78, 5) is 1.33. The lowest BCUT2D eigenvalue weighted by molar-refractivity contribution is 0.236. The number of rotatable bonds is 2. The van der Waals surface area contributed by atoms with Crippen molar-refractivity contribution in [3.63, 3.8) is 0 Å². The lowest BCUT2D eigenvalue weighted by Gasteiger charge is -2.36. The number of hydrogen-bond acceptors (Lipinski definition) is 2. The average Bonchev–Trinajstić information content (AvgIpc) is 2.49. The fourth-order valence-electron chi connectivity index (χ4n) is 2.65. The van der Waals surface area contributed by atoms with E-state index in [4.69, 9.17) is 17.3 Å². The summed E-state index contributed by atoms with van der Waals surface area (Å²) in [6, 6.07) is 4.08. The number of hydrogen-bond donors (Lipinski definition) is 1. The van der Waals surface area contributed by atoms with E-state index in [0.29, 0.717) is 0 Å². The maximum atomic E-state index is 6.45. The van der Waals surface area contributed by atoms with Gasteiger partial charge >= 0.3 is 0 Å². The molecule has 1 aliphatic carbocycles. The topological polar surface area (TPSA) is 26.0 Å². The van der Waals surface area contributed by atoms with Crippen LogP contribution in [0.25, 0.3) is 0 Å². The van der Waals surface area contributed by atoms with Gasteiger partial charge in [-0.3, -0.25) is 0 Å². The van der Waals surface area contributed by atoms with E-state index in [9.17, 15) is 0 Å². The minimum absolute atomic E-state index is 0.0197. The molecule has 0 aromatic carbocycles. The Kier molecular flexibility index (Phi) is 3.39. The predicted octanol–water partition coefficient (Wildman–Crippen LogP) is 3.85. The van der Waals surface area contributed by atoms with E-state index in [2.05, 4.69) is 13.0 Å². The van der Waals surface area contributed by atoms with Crippen molar-refractivity contribution in [2.24, 2.45) is 11.7 Å². The van der Waals surface area contributed by atoms with E-state index in [-0.39, 0.29) is 5.54 Å². The SMILES string of the molecule is CC1CCCC(N)(Cc2ccc(Cl)s2)C1. The van der Waals surface area contributed by atoms with Crippen LogP contribution in [-0.4, -0.2) is 5.54 Å². The van der Waals surface area contributed by atoms with Crippen LogP contribution in [0, 0.1) is 5.92 Å². The maximum absolute atomic E-state index is 6.45. The molecule has 0 radical (unpaired) electrons. The van der Waals surface area contributed by atoms with Gasteiger partial charge in [0.1, 0.15) is 0 Å². The molecule has 1 nitrogen and oxygen atoms in total. The summed E-state index contributed by atoms with van der Waals surface area (Å²) in [7, 11) is 0. The molecule has 3 heteroatoms. The van der Waals surface area contributed by atoms with Crippen molar-refractivity contribution in [1.82, 2.24) is 0 Å². The van der Waals surface area contributed by atoms with Gasteiger partial charge in [0.25, 0.3) is 0 Å². The Morgan fingerprint density at radius 3 is 3.00 bits per heavy atom. The first-order chi connectivity index (χ1) is 7.07. The predicted molar refractivity (Wildman–Crippen MR) is 67.6 cm³/mol. The Balaban J connectivity index is 2.03. The number of nitrogens with two attached hydrogens (primary N) is 1. The quantitative estimate of drug-likeness (QED) is 0.839. The molecule has 1 fully saturated rings. The van der Waals surface area contributed by atoms with Crippen molar-refractivity contribution in [2.45, 2.75) is 44.6 Å². The first kappa shape index (κ1) is 11.4. The molecule has 0 amide bonds. The molecule has 1 aliphatic rings. The van der Waals surface area contributed by atoms with Gasteiger partial charge in [-0.1, -0.05) is 31.4 Å². The first-order valence-corrected chi connectivity index (χ1v) is 6.80. The molecule has 2 rings (SSSR count). The molecule has 1 heterocycles. The molecule has 1 aromatic rings. The Bertz CT molecular complexity index is 336. The summed E-state index contributed by atoms with van der Waals surface area (Å²) < 4.78 is 0.873.